The van der Waals surface area contributed by atoms with Gasteiger partial charge in [-0.15, -0.1) is 0 Å². The topological polar surface area (TPSA) is 121 Å². The molecule has 6 nitrogen and oxygen atoms in total. The molecule has 1 atom stereocenters. The summed E-state index contributed by atoms with van der Waals surface area (Å²) in [6.07, 6.45) is 1.53. The van der Waals surface area contributed by atoms with Crippen LogP contribution in [0.2, 0.25) is 0 Å². The number of phenolic OH excluding ortho intramolecular Hbond substituents is 2. The van der Waals surface area contributed by atoms with Crippen molar-refractivity contribution in [2.45, 2.75) is 18.9 Å². The molecule has 0 radical (unpaired) electrons. The van der Waals surface area contributed by atoms with E-state index in [9.17, 15) is 9.59 Å². The zero-order chi connectivity index (χ0) is 17.2. The zero-order valence-corrected chi connectivity index (χ0v) is 12.4. The number of carbonyl (C=O) groups excluding carboxylic acids is 1. The predicted octanol–water partition coefficient (Wildman–Crippen LogP) is 1.48. The molecular formula is C17H19NO5. The van der Waals surface area contributed by atoms with Crippen LogP contribution in [0.3, 0.4) is 0 Å². The zero-order valence-electron chi connectivity index (χ0n) is 12.4. The molecule has 0 aliphatic rings. The molecule has 0 fully saturated rings. The summed E-state index contributed by atoms with van der Waals surface area (Å²) in [5.74, 6) is -0.629. The van der Waals surface area contributed by atoms with E-state index >= 15 is 0 Å². The highest BCUT2D eigenvalue weighted by Crippen LogP contribution is 2.11. The minimum absolute atomic E-state index is 0.160. The molecule has 2 aromatic rings. The van der Waals surface area contributed by atoms with Crippen LogP contribution in [0.1, 0.15) is 11.1 Å². The minimum atomic E-state index is -1.02. The second kappa shape index (κ2) is 9.22. The summed E-state index contributed by atoms with van der Waals surface area (Å²) in [7, 11) is 0. The van der Waals surface area contributed by atoms with Gasteiger partial charge < -0.3 is 25.8 Å². The monoisotopic (exact) mass is 317 g/mol. The number of hydrogen-bond acceptors (Lipinski definition) is 5. The van der Waals surface area contributed by atoms with E-state index in [4.69, 9.17) is 21.1 Å². The van der Waals surface area contributed by atoms with Gasteiger partial charge >= 0.3 is 5.97 Å². The van der Waals surface area contributed by atoms with Crippen molar-refractivity contribution in [3.63, 3.8) is 0 Å². The Morgan fingerprint density at radius 1 is 0.957 bits per heavy atom. The number of carboxylic acid groups (broad SMARTS) is 1. The number of aromatic hydroxyl groups is 2. The molecule has 5 N–H and O–H groups in total. The number of hydrogen-bond donors (Lipinski definition) is 4. The largest absolute Gasteiger partial charge is 0.508 e. The molecule has 2 rings (SSSR count). The van der Waals surface area contributed by atoms with E-state index in [0.29, 0.717) is 6.42 Å². The molecule has 0 saturated heterocycles. The first-order valence-corrected chi connectivity index (χ1v) is 6.90. The standard InChI is InChI=1S/C9H11NO3.C8H8O2/c10-8(9(12)13)5-6-1-3-7(11)4-2-6;9-6-5-7-1-3-8(10)4-2-7/h1-4,8,11H,5,10H2,(H,12,13);1-4,6,10H,5H2. The van der Waals surface area contributed by atoms with Crippen LogP contribution in [0, 0.1) is 0 Å². The number of carboxylic acids is 1. The Bertz CT molecular complexity index is 622. The van der Waals surface area contributed by atoms with Crippen LogP contribution in [0.4, 0.5) is 0 Å². The highest BCUT2D eigenvalue weighted by molar-refractivity contribution is 5.73. The van der Waals surface area contributed by atoms with Gasteiger partial charge in [0.05, 0.1) is 0 Å². The molecule has 0 aromatic heterocycles. The Labute approximate surface area is 133 Å². The van der Waals surface area contributed by atoms with Crippen molar-refractivity contribution in [2.75, 3.05) is 0 Å². The molecule has 0 spiro atoms. The van der Waals surface area contributed by atoms with Gasteiger partial charge in [0.1, 0.15) is 23.8 Å². The fraction of sp³-hybridized carbons (Fsp3) is 0.176. The lowest BCUT2D eigenvalue weighted by Crippen LogP contribution is -2.32. The molecule has 0 amide bonds. The Morgan fingerprint density at radius 3 is 1.78 bits per heavy atom. The van der Waals surface area contributed by atoms with Gasteiger partial charge in [-0.25, -0.2) is 0 Å². The first-order chi connectivity index (χ1) is 10.9. The third kappa shape index (κ3) is 7.10. The van der Waals surface area contributed by atoms with Crippen LogP contribution in [-0.2, 0) is 22.4 Å². The Morgan fingerprint density at radius 2 is 1.39 bits per heavy atom. The number of aldehydes is 1. The summed E-state index contributed by atoms with van der Waals surface area (Å²) in [6, 6.07) is 12.0. The Hall–Kier alpha value is -2.86. The fourth-order valence-corrected chi connectivity index (χ4v) is 1.70. The maximum absolute atomic E-state index is 10.4. The summed E-state index contributed by atoms with van der Waals surface area (Å²) in [6.45, 7) is 0. The number of carbonyl (C=O) groups is 2. The van der Waals surface area contributed by atoms with Crippen molar-refractivity contribution in [2.24, 2.45) is 5.73 Å². The highest BCUT2D eigenvalue weighted by Gasteiger charge is 2.11. The van der Waals surface area contributed by atoms with E-state index in [-0.39, 0.29) is 17.9 Å². The summed E-state index contributed by atoms with van der Waals surface area (Å²) in [5.41, 5.74) is 7.05. The SMILES string of the molecule is NC(Cc1ccc(O)cc1)C(=O)O.O=CCc1ccc(O)cc1. The van der Waals surface area contributed by atoms with E-state index in [1.807, 2.05) is 0 Å². The highest BCUT2D eigenvalue weighted by atomic mass is 16.4. The number of rotatable bonds is 5. The summed E-state index contributed by atoms with van der Waals surface area (Å²) in [5, 5.41) is 26.3. The van der Waals surface area contributed by atoms with E-state index < -0.39 is 12.0 Å². The molecule has 1 unspecified atom stereocenters. The fourth-order valence-electron chi connectivity index (χ4n) is 1.70. The van der Waals surface area contributed by atoms with Crippen molar-refractivity contribution in [1.82, 2.24) is 0 Å². The van der Waals surface area contributed by atoms with Crippen LogP contribution >= 0.6 is 0 Å². The van der Waals surface area contributed by atoms with Gasteiger partial charge in [0, 0.05) is 6.42 Å². The lowest BCUT2D eigenvalue weighted by atomic mass is 10.1. The van der Waals surface area contributed by atoms with Gasteiger partial charge in [-0.3, -0.25) is 4.79 Å². The predicted molar refractivity (Wildman–Crippen MR) is 85.3 cm³/mol. The lowest BCUT2D eigenvalue weighted by molar-refractivity contribution is -0.138. The molecular weight excluding hydrogens is 298 g/mol. The van der Waals surface area contributed by atoms with E-state index in [0.717, 1.165) is 17.4 Å². The maximum atomic E-state index is 10.4. The van der Waals surface area contributed by atoms with Crippen molar-refractivity contribution >= 4 is 12.3 Å². The normalized spacial score (nSPS) is 11.0. The average Bonchev–Trinajstić information content (AvgIpc) is 2.52. The maximum Gasteiger partial charge on any atom is 0.320 e. The van der Waals surface area contributed by atoms with Crippen molar-refractivity contribution in [1.29, 1.82) is 0 Å². The van der Waals surface area contributed by atoms with Crippen LogP contribution in [0.25, 0.3) is 0 Å². The smallest absolute Gasteiger partial charge is 0.320 e. The number of phenols is 2. The molecule has 23 heavy (non-hydrogen) atoms. The lowest BCUT2D eigenvalue weighted by Gasteiger charge is -2.05. The van der Waals surface area contributed by atoms with Crippen molar-refractivity contribution < 1.29 is 24.9 Å². The van der Waals surface area contributed by atoms with E-state index in [2.05, 4.69) is 0 Å². The molecule has 6 heteroatoms. The van der Waals surface area contributed by atoms with Crippen LogP contribution in [0.15, 0.2) is 48.5 Å². The van der Waals surface area contributed by atoms with Gasteiger partial charge in [-0.05, 0) is 41.8 Å². The van der Waals surface area contributed by atoms with Gasteiger partial charge in [-0.1, -0.05) is 24.3 Å². The minimum Gasteiger partial charge on any atom is -0.508 e. The molecule has 0 heterocycles. The summed E-state index contributed by atoms with van der Waals surface area (Å²) >= 11 is 0. The summed E-state index contributed by atoms with van der Waals surface area (Å²) in [4.78, 5) is 20.4. The summed E-state index contributed by atoms with van der Waals surface area (Å²) < 4.78 is 0. The van der Waals surface area contributed by atoms with Gasteiger partial charge in [-0.2, -0.15) is 0 Å². The van der Waals surface area contributed by atoms with Gasteiger partial charge in [0.15, 0.2) is 0 Å². The first kappa shape index (κ1) is 18.2. The average molecular weight is 317 g/mol. The van der Waals surface area contributed by atoms with Crippen LogP contribution in [0.5, 0.6) is 11.5 Å². The third-order valence-corrected chi connectivity index (χ3v) is 2.96. The van der Waals surface area contributed by atoms with E-state index in [1.54, 1.807) is 36.4 Å². The van der Waals surface area contributed by atoms with Crippen molar-refractivity contribution in [3.8, 4) is 11.5 Å². The molecule has 0 saturated carbocycles. The van der Waals surface area contributed by atoms with Crippen LogP contribution in [-0.4, -0.2) is 33.6 Å². The molecule has 0 aliphatic carbocycles. The number of aliphatic carboxylic acids is 1. The van der Waals surface area contributed by atoms with Crippen LogP contribution < -0.4 is 5.73 Å². The Kier molecular flexibility index (Phi) is 7.29. The molecule has 0 bridgehead atoms. The third-order valence-electron chi connectivity index (χ3n) is 2.96. The number of nitrogens with two attached hydrogens (primary N) is 1. The van der Waals surface area contributed by atoms with E-state index in [1.165, 1.54) is 12.1 Å². The van der Waals surface area contributed by atoms with Gasteiger partial charge in [0.2, 0.25) is 0 Å². The number of benzene rings is 2. The quantitative estimate of drug-likeness (QED) is 0.620. The second-order valence-corrected chi connectivity index (χ2v) is 4.85. The molecule has 0 aliphatic heterocycles. The second-order valence-electron chi connectivity index (χ2n) is 4.85. The molecule has 2 aromatic carbocycles. The molecule has 122 valence electrons. The van der Waals surface area contributed by atoms with Gasteiger partial charge in [0.25, 0.3) is 0 Å². The first-order valence-electron chi connectivity index (χ1n) is 6.90. The Balaban J connectivity index is 0.000000238. The van der Waals surface area contributed by atoms with Crippen molar-refractivity contribution in [3.05, 3.63) is 59.7 Å².